The van der Waals surface area contributed by atoms with E-state index in [9.17, 15) is 32.3 Å². The van der Waals surface area contributed by atoms with E-state index in [0.29, 0.717) is 10.3 Å². The number of hydrogen-bond acceptors (Lipinski definition) is 10. The molecule has 278 valence electrons. The molecule has 51 heavy (non-hydrogen) atoms. The van der Waals surface area contributed by atoms with Crippen molar-refractivity contribution in [3.63, 3.8) is 0 Å². The molecule has 1 fully saturated rings. The van der Waals surface area contributed by atoms with E-state index < -0.39 is 47.6 Å². The zero-order valence-corrected chi connectivity index (χ0v) is 30.8. The Hall–Kier alpha value is -3.76. The molecule has 0 spiro atoms. The Morgan fingerprint density at radius 1 is 1.04 bits per heavy atom. The Morgan fingerprint density at radius 2 is 1.67 bits per heavy atom. The van der Waals surface area contributed by atoms with Crippen molar-refractivity contribution in [3.8, 4) is 11.5 Å². The van der Waals surface area contributed by atoms with Gasteiger partial charge in [0.05, 0.1) is 18.7 Å². The lowest BCUT2D eigenvalue weighted by Gasteiger charge is -2.33. The number of hydrogen-bond donors (Lipinski definition) is 0. The van der Waals surface area contributed by atoms with Crippen LogP contribution in [0.2, 0.25) is 10.0 Å². The predicted octanol–water partition coefficient (Wildman–Crippen LogP) is 6.03. The van der Waals surface area contributed by atoms with E-state index in [4.69, 9.17) is 37.4 Å². The largest absolute Gasteiger partial charge is 0.755 e. The highest BCUT2D eigenvalue weighted by molar-refractivity contribution is 7.80. The number of alkyl halides is 2. The lowest BCUT2D eigenvalue weighted by Crippen LogP contribution is -2.48. The van der Waals surface area contributed by atoms with Crippen LogP contribution in [0.25, 0.3) is 0 Å². The first-order valence-corrected chi connectivity index (χ1v) is 17.6. The molecule has 4 rings (SSSR count). The lowest BCUT2D eigenvalue weighted by molar-refractivity contribution is -0.605. The highest BCUT2D eigenvalue weighted by Crippen LogP contribution is 2.38. The molecular formula is C34H38Cl2F2N3O9S-. The SMILES string of the molecule is CN(C)C(CN(c1ccc(C(=O)OC(Cc2c(Cl)c[n+]([O-])cc2Cl)c2ccc(OC(F)F)c(OCC3CC3)c2)cc1)S(=O)[O-])C(=O)OC(C)(C)C. The molecule has 0 saturated heterocycles. The summed E-state index contributed by atoms with van der Waals surface area (Å²) in [5.41, 5.74) is -0.00626. The van der Waals surface area contributed by atoms with Crippen LogP contribution in [-0.2, 0) is 32.0 Å². The predicted molar refractivity (Wildman–Crippen MR) is 185 cm³/mol. The number of esters is 2. The van der Waals surface area contributed by atoms with Crippen molar-refractivity contribution >= 4 is 52.1 Å². The van der Waals surface area contributed by atoms with Gasteiger partial charge in [0.2, 0.25) is 0 Å². The number of halogens is 4. The van der Waals surface area contributed by atoms with Crippen molar-refractivity contribution < 1.29 is 50.8 Å². The van der Waals surface area contributed by atoms with Crippen LogP contribution in [0, 0.1) is 11.1 Å². The highest BCUT2D eigenvalue weighted by Gasteiger charge is 2.30. The molecule has 3 unspecified atom stereocenters. The number of carbonyl (C=O) groups excluding carboxylic acids is 2. The average Bonchev–Trinajstić information content (AvgIpc) is 3.85. The third-order valence-corrected chi connectivity index (χ3v) is 9.01. The summed E-state index contributed by atoms with van der Waals surface area (Å²) in [5, 5.41) is 11.9. The summed E-state index contributed by atoms with van der Waals surface area (Å²) in [6, 6.07) is 8.62. The van der Waals surface area contributed by atoms with Gasteiger partial charge in [0.25, 0.3) is 0 Å². The summed E-state index contributed by atoms with van der Waals surface area (Å²) in [5.74, 6) is -1.36. The van der Waals surface area contributed by atoms with Crippen molar-refractivity contribution in [1.82, 2.24) is 4.90 Å². The third-order valence-electron chi connectivity index (χ3n) is 7.64. The normalized spacial score (nSPS) is 14.9. The van der Waals surface area contributed by atoms with Crippen LogP contribution >= 0.6 is 23.2 Å². The second-order valence-electron chi connectivity index (χ2n) is 13.1. The molecule has 0 aliphatic heterocycles. The second kappa shape index (κ2) is 17.2. The number of benzene rings is 2. The average molecular weight is 774 g/mol. The molecule has 1 aliphatic rings. The van der Waals surface area contributed by atoms with Crippen molar-refractivity contribution in [2.45, 2.75) is 64.4 Å². The quantitative estimate of drug-likeness (QED) is 0.0733. The first kappa shape index (κ1) is 40.0. The van der Waals surface area contributed by atoms with Crippen molar-refractivity contribution in [2.24, 2.45) is 5.92 Å². The molecule has 1 aliphatic carbocycles. The molecule has 3 atom stereocenters. The van der Waals surface area contributed by atoms with Gasteiger partial charge in [0, 0.05) is 28.9 Å². The highest BCUT2D eigenvalue weighted by atomic mass is 35.5. The molecule has 12 nitrogen and oxygen atoms in total. The maximum absolute atomic E-state index is 13.6. The number of rotatable bonds is 16. The fourth-order valence-electron chi connectivity index (χ4n) is 4.85. The van der Waals surface area contributed by atoms with Gasteiger partial charge in [0.15, 0.2) is 23.9 Å². The van der Waals surface area contributed by atoms with Crippen LogP contribution in [0.5, 0.6) is 11.5 Å². The number of aromatic nitrogens is 1. The Labute approximate surface area is 307 Å². The van der Waals surface area contributed by atoms with Crippen molar-refractivity contribution in [1.29, 1.82) is 0 Å². The topological polar surface area (TPSA) is 145 Å². The van der Waals surface area contributed by atoms with Crippen LogP contribution < -0.4 is 18.5 Å². The van der Waals surface area contributed by atoms with Crippen LogP contribution in [0.15, 0.2) is 54.9 Å². The number of pyridine rings is 1. The van der Waals surface area contributed by atoms with Crippen LogP contribution in [0.3, 0.4) is 0 Å². The van der Waals surface area contributed by atoms with Crippen LogP contribution in [-0.4, -0.2) is 71.1 Å². The Bertz CT molecular complexity index is 1700. The zero-order valence-electron chi connectivity index (χ0n) is 28.5. The summed E-state index contributed by atoms with van der Waals surface area (Å²) in [7, 11) is 3.23. The summed E-state index contributed by atoms with van der Waals surface area (Å²) in [4.78, 5) is 28.0. The van der Waals surface area contributed by atoms with Gasteiger partial charge in [-0.25, -0.2) is 4.79 Å². The molecule has 0 radical (unpaired) electrons. The smallest absolute Gasteiger partial charge is 0.387 e. The van der Waals surface area contributed by atoms with Gasteiger partial charge >= 0.3 is 18.6 Å². The minimum Gasteiger partial charge on any atom is -0.755 e. The van der Waals surface area contributed by atoms with Crippen LogP contribution in [0.1, 0.15) is 61.2 Å². The number of carbonyl (C=O) groups is 2. The number of ether oxygens (including phenoxy) is 4. The van der Waals surface area contributed by atoms with E-state index in [1.54, 1.807) is 34.9 Å². The molecule has 1 aromatic heterocycles. The van der Waals surface area contributed by atoms with Crippen molar-refractivity contribution in [3.05, 3.63) is 86.8 Å². The van der Waals surface area contributed by atoms with Gasteiger partial charge in [-0.1, -0.05) is 29.3 Å². The fourth-order valence-corrected chi connectivity index (χ4v) is 6.01. The summed E-state index contributed by atoms with van der Waals surface area (Å²) in [6.07, 6.45) is 2.80. The van der Waals surface area contributed by atoms with E-state index in [-0.39, 0.29) is 63.8 Å². The number of likely N-dealkylation sites (N-methyl/N-ethyl adjacent to an activating group) is 1. The monoisotopic (exact) mass is 772 g/mol. The van der Waals surface area contributed by atoms with E-state index in [1.807, 2.05) is 0 Å². The van der Waals surface area contributed by atoms with E-state index in [0.717, 1.165) is 29.5 Å². The maximum atomic E-state index is 13.6. The third kappa shape index (κ3) is 11.6. The van der Waals surface area contributed by atoms with Gasteiger partial charge in [-0.3, -0.25) is 13.9 Å². The van der Waals surface area contributed by atoms with E-state index >= 15 is 0 Å². The van der Waals surface area contributed by atoms with Gasteiger partial charge in [0.1, 0.15) is 27.8 Å². The minimum absolute atomic E-state index is 0.00104. The molecule has 17 heteroatoms. The van der Waals surface area contributed by atoms with Gasteiger partial charge in [-0.2, -0.15) is 13.5 Å². The second-order valence-corrected chi connectivity index (χ2v) is 14.8. The minimum atomic E-state index is -3.11. The maximum Gasteiger partial charge on any atom is 0.387 e. The Balaban J connectivity index is 1.62. The lowest BCUT2D eigenvalue weighted by atomic mass is 10.0. The standard InChI is InChI=1S/C34H39Cl2F2N3O9S/c1-34(2,3)50-32(43)27(39(4)5)18-41(51(45)46)23-11-8-21(9-12-23)31(42)48-29(15-24-25(35)16-40(44)17-26(24)36)22-10-13-28(49-33(37)38)30(14-22)47-19-20-6-7-20/h8-14,16-17,20,27,29,33H,6-7,15,18-19H2,1-5H3,(H,45,46)/p-1. The molecule has 0 amide bonds. The number of anilines is 1. The number of nitrogens with zero attached hydrogens (tertiary/aromatic N) is 3. The fraction of sp³-hybridized carbons (Fsp3) is 0.441. The summed E-state index contributed by atoms with van der Waals surface area (Å²) < 4.78 is 74.2. The Morgan fingerprint density at radius 3 is 2.20 bits per heavy atom. The zero-order chi connectivity index (χ0) is 37.6. The summed E-state index contributed by atoms with van der Waals surface area (Å²) in [6.45, 7) is 1.99. The molecule has 1 heterocycles. The molecule has 3 aromatic rings. The Kier molecular flexibility index (Phi) is 13.5. The molecule has 2 aromatic carbocycles. The van der Waals surface area contributed by atoms with Gasteiger partial charge < -0.3 is 33.0 Å². The van der Waals surface area contributed by atoms with E-state index in [2.05, 4.69) is 4.74 Å². The molecular weight excluding hydrogens is 735 g/mol. The van der Waals surface area contributed by atoms with Crippen molar-refractivity contribution in [2.75, 3.05) is 31.6 Å². The first-order valence-electron chi connectivity index (χ1n) is 15.8. The molecule has 0 N–H and O–H groups in total. The van der Waals surface area contributed by atoms with Gasteiger partial charge in [-0.15, -0.1) is 0 Å². The molecule has 1 saturated carbocycles. The molecule has 0 bridgehead atoms. The summed E-state index contributed by atoms with van der Waals surface area (Å²) >= 11 is 9.88. The van der Waals surface area contributed by atoms with Crippen LogP contribution in [0.4, 0.5) is 14.5 Å². The first-order chi connectivity index (χ1) is 23.9. The van der Waals surface area contributed by atoms with Gasteiger partial charge in [-0.05, 0) is 95.6 Å². The van der Waals surface area contributed by atoms with E-state index in [1.165, 1.54) is 47.4 Å².